The highest BCUT2D eigenvalue weighted by molar-refractivity contribution is 6.01. The number of nitrogens with two attached hydrogens (primary N) is 1. The van der Waals surface area contributed by atoms with Crippen molar-refractivity contribution in [3.05, 3.63) is 23.8 Å². The van der Waals surface area contributed by atoms with Crippen LogP contribution in [0.4, 0.5) is 5.69 Å². The topological polar surface area (TPSA) is 104 Å². The van der Waals surface area contributed by atoms with Gasteiger partial charge in [0.05, 0.1) is 5.56 Å². The first-order valence-corrected chi connectivity index (χ1v) is 5.06. The molecule has 0 saturated carbocycles. The number of carbonyl (C=O) groups is 2. The van der Waals surface area contributed by atoms with E-state index in [1.807, 2.05) is 0 Å². The van der Waals surface area contributed by atoms with Crippen LogP contribution in [0.3, 0.4) is 0 Å². The van der Waals surface area contributed by atoms with Crippen LogP contribution in [0.5, 0.6) is 5.75 Å². The first-order valence-electron chi connectivity index (χ1n) is 5.06. The number of hydrogen-bond acceptors (Lipinski definition) is 4. The zero-order chi connectivity index (χ0) is 13.0. The van der Waals surface area contributed by atoms with E-state index in [1.165, 1.54) is 25.2 Å². The Morgan fingerprint density at radius 2 is 2.06 bits per heavy atom. The van der Waals surface area contributed by atoms with Gasteiger partial charge in [0.2, 0.25) is 5.91 Å². The fourth-order valence-electron chi connectivity index (χ4n) is 1.30. The minimum absolute atomic E-state index is 0.0584. The molecule has 0 fully saturated rings. The first kappa shape index (κ1) is 12.8. The lowest BCUT2D eigenvalue weighted by Gasteiger charge is -2.13. The molecule has 0 bridgehead atoms. The largest absolute Gasteiger partial charge is 0.508 e. The average Bonchev–Trinajstić information content (AvgIpc) is 2.30. The molecular weight excluding hydrogens is 222 g/mol. The fraction of sp³-hybridized carbons (Fsp3) is 0.273. The van der Waals surface area contributed by atoms with Gasteiger partial charge in [0.1, 0.15) is 11.8 Å². The fourth-order valence-corrected chi connectivity index (χ4v) is 1.30. The number of hydrogen-bond donors (Lipinski definition) is 4. The van der Waals surface area contributed by atoms with Gasteiger partial charge in [-0.15, -0.1) is 0 Å². The molecule has 0 aliphatic rings. The summed E-state index contributed by atoms with van der Waals surface area (Å²) in [7, 11) is 1.48. The lowest BCUT2D eigenvalue weighted by molar-refractivity contribution is -0.122. The number of aromatic hydroxyl groups is 1. The Morgan fingerprint density at radius 1 is 1.41 bits per heavy atom. The number of amides is 2. The van der Waals surface area contributed by atoms with E-state index in [2.05, 4.69) is 10.6 Å². The number of nitrogens with one attached hydrogen (secondary N) is 2. The minimum atomic E-state index is -0.672. The van der Waals surface area contributed by atoms with E-state index < -0.39 is 11.9 Å². The highest BCUT2D eigenvalue weighted by Crippen LogP contribution is 2.18. The molecule has 0 spiro atoms. The molecule has 1 aromatic rings. The second-order valence-corrected chi connectivity index (χ2v) is 3.58. The van der Waals surface area contributed by atoms with E-state index in [9.17, 15) is 14.7 Å². The Balaban J connectivity index is 2.83. The standard InChI is InChI=1S/C11H15N3O3/c1-6(10(16)13-2)14-11(17)8-5-7(15)3-4-9(8)12/h3-6,15H,12H2,1-2H3,(H,13,16)(H,14,17). The monoisotopic (exact) mass is 237 g/mol. The Hall–Kier alpha value is -2.24. The molecule has 6 heteroatoms. The number of carbonyl (C=O) groups excluding carboxylic acids is 2. The maximum absolute atomic E-state index is 11.8. The number of likely N-dealkylation sites (N-methyl/N-ethyl adjacent to an activating group) is 1. The lowest BCUT2D eigenvalue weighted by Crippen LogP contribution is -2.43. The van der Waals surface area contributed by atoms with Gasteiger partial charge in [-0.25, -0.2) is 0 Å². The van der Waals surface area contributed by atoms with Crippen molar-refractivity contribution >= 4 is 17.5 Å². The smallest absolute Gasteiger partial charge is 0.254 e. The summed E-state index contributed by atoms with van der Waals surface area (Å²) in [6.45, 7) is 1.55. The van der Waals surface area contributed by atoms with Crippen molar-refractivity contribution in [3.8, 4) is 5.75 Å². The summed E-state index contributed by atoms with van der Waals surface area (Å²) in [5, 5.41) is 14.1. The molecule has 0 aliphatic heterocycles. The summed E-state index contributed by atoms with van der Waals surface area (Å²) < 4.78 is 0. The van der Waals surface area contributed by atoms with Gasteiger partial charge in [0.15, 0.2) is 0 Å². The summed E-state index contributed by atoms with van der Waals surface area (Å²) in [6.07, 6.45) is 0. The molecule has 1 unspecified atom stereocenters. The molecule has 1 aromatic carbocycles. The Kier molecular flexibility index (Phi) is 3.92. The van der Waals surface area contributed by atoms with Crippen LogP contribution < -0.4 is 16.4 Å². The van der Waals surface area contributed by atoms with Crippen molar-refractivity contribution in [1.29, 1.82) is 0 Å². The predicted octanol–water partition coefficient (Wildman–Crippen LogP) is -0.161. The summed E-state index contributed by atoms with van der Waals surface area (Å²) in [4.78, 5) is 23.0. The highest BCUT2D eigenvalue weighted by atomic mass is 16.3. The second kappa shape index (κ2) is 5.20. The zero-order valence-corrected chi connectivity index (χ0v) is 9.65. The first-order chi connectivity index (χ1) is 7.95. The normalized spacial score (nSPS) is 11.6. The van der Waals surface area contributed by atoms with E-state index in [-0.39, 0.29) is 22.9 Å². The van der Waals surface area contributed by atoms with Gasteiger partial charge in [0.25, 0.3) is 5.91 Å². The molecule has 0 aliphatic carbocycles. The Bertz CT molecular complexity index is 446. The highest BCUT2D eigenvalue weighted by Gasteiger charge is 2.17. The molecule has 0 radical (unpaired) electrons. The maximum Gasteiger partial charge on any atom is 0.254 e. The number of nitrogen functional groups attached to an aromatic ring is 1. The van der Waals surface area contributed by atoms with Gasteiger partial charge in [0, 0.05) is 12.7 Å². The van der Waals surface area contributed by atoms with Crippen molar-refractivity contribution in [2.24, 2.45) is 0 Å². The van der Waals surface area contributed by atoms with Crippen LogP contribution in [0.1, 0.15) is 17.3 Å². The summed E-state index contributed by atoms with van der Waals surface area (Å²) in [5.41, 5.74) is 5.98. The van der Waals surface area contributed by atoms with E-state index in [4.69, 9.17) is 5.73 Å². The molecule has 92 valence electrons. The molecule has 6 nitrogen and oxygen atoms in total. The van der Waals surface area contributed by atoms with E-state index in [1.54, 1.807) is 6.92 Å². The van der Waals surface area contributed by atoms with Crippen molar-refractivity contribution in [1.82, 2.24) is 10.6 Å². The molecule has 2 amide bonds. The summed E-state index contributed by atoms with van der Waals surface area (Å²) in [5.74, 6) is -0.872. The van der Waals surface area contributed by atoms with E-state index in [0.29, 0.717) is 0 Å². The number of phenolic OH excluding ortho intramolecular Hbond substituents is 1. The molecular formula is C11H15N3O3. The van der Waals surface area contributed by atoms with Gasteiger partial charge in [-0.2, -0.15) is 0 Å². The lowest BCUT2D eigenvalue weighted by atomic mass is 10.1. The van der Waals surface area contributed by atoms with Crippen molar-refractivity contribution in [2.45, 2.75) is 13.0 Å². The van der Waals surface area contributed by atoms with Crippen LogP contribution in [-0.4, -0.2) is 30.0 Å². The Morgan fingerprint density at radius 3 is 2.65 bits per heavy atom. The predicted molar refractivity (Wildman–Crippen MR) is 63.5 cm³/mol. The molecule has 5 N–H and O–H groups in total. The van der Waals surface area contributed by atoms with Crippen LogP contribution in [0.15, 0.2) is 18.2 Å². The molecule has 0 heterocycles. The summed E-state index contributed by atoms with van der Waals surface area (Å²) in [6, 6.07) is 3.39. The molecule has 1 rings (SSSR count). The zero-order valence-electron chi connectivity index (χ0n) is 9.65. The quantitative estimate of drug-likeness (QED) is 0.433. The SMILES string of the molecule is CNC(=O)C(C)NC(=O)c1cc(O)ccc1N. The van der Waals surface area contributed by atoms with Crippen LogP contribution >= 0.6 is 0 Å². The van der Waals surface area contributed by atoms with E-state index >= 15 is 0 Å². The van der Waals surface area contributed by atoms with Crippen LogP contribution in [0.25, 0.3) is 0 Å². The third-order valence-electron chi connectivity index (χ3n) is 2.27. The molecule has 1 atom stereocenters. The summed E-state index contributed by atoms with van der Waals surface area (Å²) >= 11 is 0. The van der Waals surface area contributed by atoms with Crippen LogP contribution in [0, 0.1) is 0 Å². The van der Waals surface area contributed by atoms with Gasteiger partial charge in [-0.05, 0) is 25.1 Å². The van der Waals surface area contributed by atoms with Crippen molar-refractivity contribution in [2.75, 3.05) is 12.8 Å². The number of phenols is 1. The third kappa shape index (κ3) is 3.10. The second-order valence-electron chi connectivity index (χ2n) is 3.58. The molecule has 0 saturated heterocycles. The van der Waals surface area contributed by atoms with Crippen LogP contribution in [-0.2, 0) is 4.79 Å². The van der Waals surface area contributed by atoms with Crippen molar-refractivity contribution in [3.63, 3.8) is 0 Å². The molecule has 0 aromatic heterocycles. The number of rotatable bonds is 3. The van der Waals surface area contributed by atoms with Crippen molar-refractivity contribution < 1.29 is 14.7 Å². The number of anilines is 1. The van der Waals surface area contributed by atoms with Crippen LogP contribution in [0.2, 0.25) is 0 Å². The third-order valence-corrected chi connectivity index (χ3v) is 2.27. The molecule has 17 heavy (non-hydrogen) atoms. The Labute approximate surface area is 98.8 Å². The average molecular weight is 237 g/mol. The minimum Gasteiger partial charge on any atom is -0.508 e. The van der Waals surface area contributed by atoms with Gasteiger partial charge >= 0.3 is 0 Å². The van der Waals surface area contributed by atoms with Gasteiger partial charge < -0.3 is 21.5 Å². The van der Waals surface area contributed by atoms with Gasteiger partial charge in [-0.1, -0.05) is 0 Å². The maximum atomic E-state index is 11.8. The number of benzene rings is 1. The van der Waals surface area contributed by atoms with Gasteiger partial charge in [-0.3, -0.25) is 9.59 Å². The van der Waals surface area contributed by atoms with E-state index in [0.717, 1.165) is 0 Å².